The average Bonchev–Trinajstić information content (AvgIpc) is 3.09. The van der Waals surface area contributed by atoms with Crippen LogP contribution in [0.25, 0.3) is 0 Å². The van der Waals surface area contributed by atoms with Crippen LogP contribution in [-0.4, -0.2) is 9.52 Å². The maximum absolute atomic E-state index is 4.90. The molecule has 4 heteroatoms. The molecule has 0 amide bonds. The van der Waals surface area contributed by atoms with Crippen molar-refractivity contribution in [2.24, 2.45) is 0 Å². The molecule has 0 aliphatic heterocycles. The van der Waals surface area contributed by atoms with Crippen LogP contribution in [0.2, 0.25) is 13.1 Å². The summed E-state index contributed by atoms with van der Waals surface area (Å²) in [6.45, 7) is 22.1. The molecule has 0 spiro atoms. The Morgan fingerprint density at radius 3 is 1.08 bits per heavy atom. The van der Waals surface area contributed by atoms with Gasteiger partial charge < -0.3 is 0 Å². The normalized spacial score (nSPS) is 10.8. The fraction of sp³-hybridized carbons (Fsp3) is 0.545. The van der Waals surface area contributed by atoms with Crippen molar-refractivity contribution in [2.75, 3.05) is 0 Å². The molecule has 1 radical (unpaired) electrons. The van der Waals surface area contributed by atoms with Crippen molar-refractivity contribution in [3.05, 3.63) is 58.7 Å². The second-order valence-corrected chi connectivity index (χ2v) is 13.3. The zero-order valence-corrected chi connectivity index (χ0v) is 23.4. The molecule has 0 fully saturated rings. The number of halogens is 2. The third-order valence-electron chi connectivity index (χ3n) is 3.55. The zero-order chi connectivity index (χ0) is 21.0. The Labute approximate surface area is 181 Å². The van der Waals surface area contributed by atoms with Gasteiger partial charge >= 0.3 is 34.7 Å². The van der Waals surface area contributed by atoms with Crippen LogP contribution in [0, 0.1) is 13.8 Å². The van der Waals surface area contributed by atoms with E-state index in [0.717, 1.165) is 9.52 Å². The predicted octanol–water partition coefficient (Wildman–Crippen LogP) is 7.92. The molecule has 0 saturated carbocycles. The molecule has 0 aliphatic rings. The van der Waals surface area contributed by atoms with Crippen molar-refractivity contribution in [3.63, 3.8) is 0 Å². The van der Waals surface area contributed by atoms with E-state index >= 15 is 0 Å². The van der Waals surface area contributed by atoms with Crippen LogP contribution in [0.1, 0.15) is 63.8 Å². The van der Waals surface area contributed by atoms with Gasteiger partial charge in [0.1, 0.15) is 0 Å². The van der Waals surface area contributed by atoms with Gasteiger partial charge in [-0.1, -0.05) is 79.3 Å². The topological polar surface area (TPSA) is 0 Å². The van der Waals surface area contributed by atoms with Crippen LogP contribution >= 0.6 is 19.3 Å². The molecule has 2 aromatic rings. The summed E-state index contributed by atoms with van der Waals surface area (Å²) in [5, 5.41) is 0. The molecule has 0 nitrogen and oxygen atoms in total. The first-order valence-electron chi connectivity index (χ1n) is 8.90. The fourth-order valence-electron chi connectivity index (χ4n) is 2.06. The third-order valence-corrected chi connectivity index (χ3v) is 3.55. The van der Waals surface area contributed by atoms with Crippen molar-refractivity contribution < 1.29 is 15.4 Å². The van der Waals surface area contributed by atoms with Gasteiger partial charge in [0.25, 0.3) is 0 Å². The van der Waals surface area contributed by atoms with Gasteiger partial charge in [0.05, 0.1) is 0 Å². The summed E-state index contributed by atoms with van der Waals surface area (Å²) in [5.41, 5.74) is 6.23. The first-order chi connectivity index (χ1) is 11.8. The van der Waals surface area contributed by atoms with E-state index in [9.17, 15) is 0 Å². The molecule has 0 unspecified atom stereocenters. The van der Waals surface area contributed by atoms with E-state index in [1.807, 2.05) is 0 Å². The molecule has 0 atom stereocenters. The second-order valence-electron chi connectivity index (χ2n) is 8.48. The molecule has 0 bridgehead atoms. The van der Waals surface area contributed by atoms with Crippen LogP contribution in [0.5, 0.6) is 0 Å². The van der Waals surface area contributed by atoms with Crippen LogP contribution < -0.4 is 0 Å². The van der Waals surface area contributed by atoms with Gasteiger partial charge in [0.15, 0.2) is 0 Å². The molecule has 0 N–H and O–H groups in total. The fourth-order valence-corrected chi connectivity index (χ4v) is 2.06. The number of hydrogen-bond donors (Lipinski definition) is 0. The monoisotopic (exact) mass is 591 g/mol. The standard InChI is InChI=1S/2C10H15.C2H7Si.2ClH.Os/c2*1-8-5-6-9(7-8)10(2,3)4;1-3-2;;;/h2*5-7H,1-4H3;3H,1-2H3;2*1H;/q2*-1;;;;+2/p-2. The Kier molecular flexibility index (Phi) is 15.5. The number of rotatable bonds is 0. The maximum atomic E-state index is 4.90. The molecule has 153 valence electrons. The third kappa shape index (κ3) is 14.2. The predicted molar refractivity (Wildman–Crippen MR) is 122 cm³/mol. The summed E-state index contributed by atoms with van der Waals surface area (Å²) in [5.74, 6) is 0. The van der Waals surface area contributed by atoms with E-state index < -0.39 is 15.4 Å². The van der Waals surface area contributed by atoms with Crippen molar-refractivity contribution in [1.82, 2.24) is 0 Å². The summed E-state index contributed by atoms with van der Waals surface area (Å²) in [7, 11) is 10.6. The summed E-state index contributed by atoms with van der Waals surface area (Å²) in [6.07, 6.45) is 0. The van der Waals surface area contributed by atoms with Crippen LogP contribution in [0.4, 0.5) is 0 Å². The molecular weight excluding hydrogens is 553 g/mol. The van der Waals surface area contributed by atoms with E-state index in [-0.39, 0.29) is 0 Å². The Morgan fingerprint density at radius 2 is 1.00 bits per heavy atom. The Hall–Kier alpha value is 0.133. The van der Waals surface area contributed by atoms with Gasteiger partial charge in [-0.15, -0.1) is 0 Å². The zero-order valence-electron chi connectivity index (χ0n) is 18.2. The van der Waals surface area contributed by atoms with Crippen molar-refractivity contribution >= 4 is 28.8 Å². The average molecular weight is 591 g/mol. The molecule has 0 aliphatic carbocycles. The molecule has 2 aromatic carbocycles. The summed E-state index contributed by atoms with van der Waals surface area (Å²) in [4.78, 5) is 0. The number of hydrogen-bond acceptors (Lipinski definition) is 0. The van der Waals surface area contributed by atoms with Crippen molar-refractivity contribution in [3.8, 4) is 0 Å². The van der Waals surface area contributed by atoms with Gasteiger partial charge in [0.2, 0.25) is 0 Å². The molecule has 2 rings (SSSR count). The van der Waals surface area contributed by atoms with Crippen molar-refractivity contribution in [2.45, 2.75) is 79.3 Å². The minimum absolute atomic E-state index is 0.314. The molecular formula is C22H37Cl2OsSi-2. The SMILES string of the molecule is C[SiH]C.Cc1cc(C(C)(C)C)c[cH-]1.Cc1cc(C(C)(C)C)c[cH-]1.[Cl][Os][Cl]. The van der Waals surface area contributed by atoms with Crippen LogP contribution in [0.3, 0.4) is 0 Å². The summed E-state index contributed by atoms with van der Waals surface area (Å²) < 4.78 is 0. The number of aryl methyl sites for hydroxylation is 2. The van der Waals surface area contributed by atoms with E-state index in [0.29, 0.717) is 10.8 Å². The Balaban J connectivity index is 0. The second kappa shape index (κ2) is 14.2. The Morgan fingerprint density at radius 1 is 0.769 bits per heavy atom. The molecule has 0 aromatic heterocycles. The van der Waals surface area contributed by atoms with Gasteiger partial charge in [-0.25, -0.2) is 12.1 Å². The van der Waals surface area contributed by atoms with Crippen LogP contribution in [-0.2, 0) is 26.2 Å². The van der Waals surface area contributed by atoms with E-state index in [1.54, 1.807) is 0 Å². The molecule has 26 heavy (non-hydrogen) atoms. The van der Waals surface area contributed by atoms with Gasteiger partial charge in [0, 0.05) is 9.52 Å². The minimum atomic E-state index is -0.639. The van der Waals surface area contributed by atoms with Gasteiger partial charge in [-0.3, -0.25) is 0 Å². The van der Waals surface area contributed by atoms with Gasteiger partial charge in [-0.05, 0) is 0 Å². The van der Waals surface area contributed by atoms with E-state index in [2.05, 4.69) is 105 Å². The van der Waals surface area contributed by atoms with E-state index in [1.165, 1.54) is 22.3 Å². The molecule has 0 heterocycles. The summed E-state index contributed by atoms with van der Waals surface area (Å²) in [6, 6.07) is 13.2. The first-order valence-corrected chi connectivity index (χ1v) is 17.5. The Bertz CT molecular complexity index is 519. The van der Waals surface area contributed by atoms with Gasteiger partial charge in [-0.2, -0.15) is 46.5 Å². The van der Waals surface area contributed by atoms with Crippen molar-refractivity contribution in [1.29, 1.82) is 0 Å². The summed E-state index contributed by atoms with van der Waals surface area (Å²) >= 11 is -0.639. The van der Waals surface area contributed by atoms with Crippen LogP contribution in [0.15, 0.2) is 36.4 Å². The van der Waals surface area contributed by atoms with E-state index in [4.69, 9.17) is 19.3 Å². The first kappa shape index (κ1) is 28.3. The quantitative estimate of drug-likeness (QED) is 0.216. The molecule has 0 saturated heterocycles.